The van der Waals surface area contributed by atoms with E-state index in [2.05, 4.69) is 43.5 Å². The van der Waals surface area contributed by atoms with E-state index in [9.17, 15) is 8.42 Å². The number of rotatable bonds is 8. The molecule has 2 heterocycles. The molecule has 198 valence electrons. The molecule has 2 aromatic carbocycles. The number of fused-ring (bicyclic) bond motifs is 1. The van der Waals surface area contributed by atoms with Crippen LogP contribution in [-0.4, -0.2) is 47.7 Å². The van der Waals surface area contributed by atoms with E-state index in [-0.39, 0.29) is 15.7 Å². The maximum Gasteiger partial charge on any atom is 0.264 e. The highest BCUT2D eigenvalue weighted by molar-refractivity contribution is 7.92. The molecular formula is C27H30ClN7O2S. The first-order valence-electron chi connectivity index (χ1n) is 12.7. The van der Waals surface area contributed by atoms with Crippen molar-refractivity contribution in [3.05, 3.63) is 65.3 Å². The number of nitrogens with one attached hydrogen (secondary N) is 3. The quantitative estimate of drug-likeness (QED) is 0.278. The predicted molar refractivity (Wildman–Crippen MR) is 151 cm³/mol. The van der Waals surface area contributed by atoms with Gasteiger partial charge in [-0.1, -0.05) is 30.7 Å². The van der Waals surface area contributed by atoms with Gasteiger partial charge in [-0.05, 0) is 81.1 Å². The Labute approximate surface area is 227 Å². The van der Waals surface area contributed by atoms with Crippen LogP contribution in [0.5, 0.6) is 0 Å². The molecule has 5 rings (SSSR count). The minimum atomic E-state index is -3.89. The van der Waals surface area contributed by atoms with E-state index < -0.39 is 10.0 Å². The van der Waals surface area contributed by atoms with E-state index in [1.807, 2.05) is 19.3 Å². The molecule has 0 radical (unpaired) electrons. The average Bonchev–Trinajstić information content (AvgIpc) is 2.93. The van der Waals surface area contributed by atoms with Crippen molar-refractivity contribution >= 4 is 44.3 Å². The van der Waals surface area contributed by atoms with Gasteiger partial charge in [0.2, 0.25) is 5.95 Å². The molecule has 0 unspecified atom stereocenters. The smallest absolute Gasteiger partial charge is 0.264 e. The molecule has 1 fully saturated rings. The van der Waals surface area contributed by atoms with Crippen LogP contribution in [0, 0.1) is 0 Å². The van der Waals surface area contributed by atoms with Gasteiger partial charge < -0.3 is 10.6 Å². The van der Waals surface area contributed by atoms with E-state index in [0.29, 0.717) is 23.7 Å². The summed E-state index contributed by atoms with van der Waals surface area (Å²) in [5.41, 5.74) is 3.46. The number of anilines is 2. The van der Waals surface area contributed by atoms with Crippen LogP contribution in [0.15, 0.2) is 59.6 Å². The van der Waals surface area contributed by atoms with Crippen LogP contribution in [-0.2, 0) is 16.4 Å². The highest BCUT2D eigenvalue weighted by atomic mass is 35.5. The van der Waals surface area contributed by atoms with Crippen LogP contribution < -0.4 is 15.4 Å². The van der Waals surface area contributed by atoms with Gasteiger partial charge in [-0.15, -0.1) is 10.2 Å². The lowest BCUT2D eigenvalue weighted by Gasteiger charge is -2.28. The van der Waals surface area contributed by atoms with Gasteiger partial charge in [0.1, 0.15) is 4.90 Å². The molecule has 3 N–H and O–H groups in total. The molecule has 1 saturated carbocycles. The SMILES string of the molecule is CCc1cc(-c2ccc(NS(=O)(=O)c3ccccc3Cl)nn2)cc2cnc(NC3CCC(NC)CC3)nc12. The maximum atomic E-state index is 12.7. The summed E-state index contributed by atoms with van der Waals surface area (Å²) in [6.07, 6.45) is 7.11. The van der Waals surface area contributed by atoms with Gasteiger partial charge in [-0.3, -0.25) is 4.72 Å². The summed E-state index contributed by atoms with van der Waals surface area (Å²) in [6, 6.07) is 14.6. The van der Waals surface area contributed by atoms with Gasteiger partial charge in [0, 0.05) is 29.2 Å². The fourth-order valence-electron chi connectivity index (χ4n) is 4.81. The summed E-state index contributed by atoms with van der Waals surface area (Å²) in [5, 5.41) is 16.3. The Balaban J connectivity index is 1.35. The molecule has 38 heavy (non-hydrogen) atoms. The zero-order chi connectivity index (χ0) is 26.7. The van der Waals surface area contributed by atoms with Gasteiger partial charge in [0.05, 0.1) is 16.2 Å². The van der Waals surface area contributed by atoms with Gasteiger partial charge in [0.25, 0.3) is 10.0 Å². The first-order chi connectivity index (χ1) is 18.4. The maximum absolute atomic E-state index is 12.7. The fraction of sp³-hybridized carbons (Fsp3) is 0.333. The minimum absolute atomic E-state index is 0.0193. The Morgan fingerprint density at radius 3 is 2.45 bits per heavy atom. The molecule has 0 aliphatic heterocycles. The molecule has 0 amide bonds. The Morgan fingerprint density at radius 2 is 1.76 bits per heavy atom. The molecule has 1 aliphatic rings. The zero-order valence-electron chi connectivity index (χ0n) is 21.3. The molecule has 9 nitrogen and oxygen atoms in total. The Morgan fingerprint density at radius 1 is 1.00 bits per heavy atom. The van der Waals surface area contributed by atoms with E-state index in [4.69, 9.17) is 16.6 Å². The minimum Gasteiger partial charge on any atom is -0.351 e. The number of sulfonamides is 1. The second kappa shape index (κ2) is 11.2. The van der Waals surface area contributed by atoms with Gasteiger partial charge >= 0.3 is 0 Å². The van der Waals surface area contributed by atoms with Gasteiger partial charge in [-0.25, -0.2) is 18.4 Å². The highest BCUT2D eigenvalue weighted by Crippen LogP contribution is 2.28. The summed E-state index contributed by atoms with van der Waals surface area (Å²) in [4.78, 5) is 9.40. The Hall–Kier alpha value is -3.34. The monoisotopic (exact) mass is 551 g/mol. The van der Waals surface area contributed by atoms with E-state index >= 15 is 0 Å². The second-order valence-electron chi connectivity index (χ2n) is 9.44. The number of hydrogen-bond donors (Lipinski definition) is 3. The third-order valence-electron chi connectivity index (χ3n) is 6.94. The average molecular weight is 552 g/mol. The van der Waals surface area contributed by atoms with Crippen molar-refractivity contribution in [3.8, 4) is 11.3 Å². The Bertz CT molecular complexity index is 1540. The second-order valence-corrected chi connectivity index (χ2v) is 11.5. The van der Waals surface area contributed by atoms with E-state index in [1.165, 1.54) is 12.1 Å². The van der Waals surface area contributed by atoms with Crippen LogP contribution >= 0.6 is 11.6 Å². The molecule has 0 spiro atoms. The Kier molecular flexibility index (Phi) is 7.73. The van der Waals surface area contributed by atoms with Crippen molar-refractivity contribution in [1.29, 1.82) is 0 Å². The molecule has 0 atom stereocenters. The van der Waals surface area contributed by atoms with Crippen molar-refractivity contribution in [3.63, 3.8) is 0 Å². The summed E-state index contributed by atoms with van der Waals surface area (Å²) in [7, 11) is -1.87. The lowest BCUT2D eigenvalue weighted by Crippen LogP contribution is -2.35. The first kappa shape index (κ1) is 26.3. The highest BCUT2D eigenvalue weighted by Gasteiger charge is 2.21. The summed E-state index contributed by atoms with van der Waals surface area (Å²) in [5.74, 6) is 0.760. The summed E-state index contributed by atoms with van der Waals surface area (Å²) in [6.45, 7) is 2.09. The third-order valence-corrected chi connectivity index (χ3v) is 8.79. The van der Waals surface area contributed by atoms with Gasteiger partial charge in [-0.2, -0.15) is 0 Å². The molecule has 0 saturated heterocycles. The number of nitrogens with zero attached hydrogens (tertiary/aromatic N) is 4. The van der Waals surface area contributed by atoms with Gasteiger partial charge in [0.15, 0.2) is 5.82 Å². The van der Waals surface area contributed by atoms with Crippen molar-refractivity contribution in [2.75, 3.05) is 17.1 Å². The standard InChI is InChI=1S/C27H30ClN7O2S/c1-3-17-14-18(15-19-16-30-27(32-26(17)19)31-21-10-8-20(29-2)9-11-21)23-12-13-25(34-33-23)35-38(36,37)24-7-5-4-6-22(24)28/h4-7,12-16,20-21,29H,3,8-11H2,1-2H3,(H,34,35)(H,30,31,32). The molecule has 0 bridgehead atoms. The summed E-state index contributed by atoms with van der Waals surface area (Å²) < 4.78 is 27.8. The lowest BCUT2D eigenvalue weighted by atomic mass is 9.91. The number of benzene rings is 2. The van der Waals surface area contributed by atoms with Crippen LogP contribution in [0.4, 0.5) is 11.8 Å². The first-order valence-corrected chi connectivity index (χ1v) is 14.6. The zero-order valence-corrected chi connectivity index (χ0v) is 22.9. The molecule has 2 aromatic heterocycles. The van der Waals surface area contributed by atoms with Crippen LogP contribution in [0.1, 0.15) is 38.2 Å². The third kappa shape index (κ3) is 5.72. The van der Waals surface area contributed by atoms with Crippen LogP contribution in [0.25, 0.3) is 22.2 Å². The molecule has 1 aliphatic carbocycles. The van der Waals surface area contributed by atoms with Crippen molar-refractivity contribution in [2.45, 2.75) is 56.0 Å². The number of halogens is 1. The van der Waals surface area contributed by atoms with Crippen molar-refractivity contribution in [1.82, 2.24) is 25.5 Å². The largest absolute Gasteiger partial charge is 0.351 e. The number of hydrogen-bond acceptors (Lipinski definition) is 8. The van der Waals surface area contributed by atoms with E-state index in [1.54, 1.807) is 24.3 Å². The normalized spacial score (nSPS) is 17.9. The molecule has 4 aromatic rings. The predicted octanol–water partition coefficient (Wildman–Crippen LogP) is 5.05. The molecular weight excluding hydrogens is 522 g/mol. The molecule has 11 heteroatoms. The fourth-order valence-corrected chi connectivity index (χ4v) is 6.33. The summed E-state index contributed by atoms with van der Waals surface area (Å²) >= 11 is 6.05. The van der Waals surface area contributed by atoms with E-state index in [0.717, 1.165) is 54.1 Å². The van der Waals surface area contributed by atoms with Crippen LogP contribution in [0.3, 0.4) is 0 Å². The van der Waals surface area contributed by atoms with Crippen LogP contribution in [0.2, 0.25) is 5.02 Å². The van der Waals surface area contributed by atoms with Crippen molar-refractivity contribution < 1.29 is 8.42 Å². The number of aromatic nitrogens is 4. The topological polar surface area (TPSA) is 122 Å². The van der Waals surface area contributed by atoms with Crippen molar-refractivity contribution in [2.24, 2.45) is 0 Å². The lowest BCUT2D eigenvalue weighted by molar-refractivity contribution is 0.370. The number of aryl methyl sites for hydroxylation is 1.